The normalized spacial score (nSPS) is 16.1. The monoisotopic (exact) mass is 352 g/mol. The van der Waals surface area contributed by atoms with Gasteiger partial charge in [0.1, 0.15) is 0 Å². The topological polar surface area (TPSA) is 32.3 Å². The fourth-order valence-electron chi connectivity index (χ4n) is 2.92. The lowest BCUT2D eigenvalue weighted by Gasteiger charge is -2.30. The van der Waals surface area contributed by atoms with E-state index in [-0.39, 0.29) is 5.91 Å². The summed E-state index contributed by atoms with van der Waals surface area (Å²) in [6, 6.07) is 8.72. The molecule has 0 saturated heterocycles. The molecule has 1 amide bonds. The summed E-state index contributed by atoms with van der Waals surface area (Å²) in [7, 11) is 2.15. The summed E-state index contributed by atoms with van der Waals surface area (Å²) in [5.41, 5.74) is 1.12. The van der Waals surface area contributed by atoms with Crippen LogP contribution in [0.2, 0.25) is 0 Å². The molecule has 1 fully saturated rings. The summed E-state index contributed by atoms with van der Waals surface area (Å²) < 4.78 is 1.05. The van der Waals surface area contributed by atoms with Crippen molar-refractivity contribution in [3.05, 3.63) is 34.3 Å². The van der Waals surface area contributed by atoms with Gasteiger partial charge in [-0.15, -0.1) is 0 Å². The Hall–Kier alpha value is -0.870. The van der Waals surface area contributed by atoms with E-state index in [1.165, 1.54) is 32.1 Å². The van der Waals surface area contributed by atoms with Crippen LogP contribution < -0.4 is 5.32 Å². The van der Waals surface area contributed by atoms with Crippen LogP contribution in [0.25, 0.3) is 0 Å². The third-order valence-electron chi connectivity index (χ3n) is 4.27. The summed E-state index contributed by atoms with van der Waals surface area (Å²) in [5, 5.41) is 3.00. The van der Waals surface area contributed by atoms with Gasteiger partial charge in [-0.05, 0) is 37.6 Å². The quantitative estimate of drug-likeness (QED) is 0.845. The van der Waals surface area contributed by atoms with Gasteiger partial charge in [0.05, 0.1) is 0 Å². The Balaban J connectivity index is 1.67. The van der Waals surface area contributed by atoms with Crippen molar-refractivity contribution in [3.8, 4) is 0 Å². The van der Waals surface area contributed by atoms with Gasteiger partial charge in [0.25, 0.3) is 0 Å². The summed E-state index contributed by atoms with van der Waals surface area (Å²) >= 11 is 3.44. The molecule has 0 aromatic heterocycles. The molecule has 0 heterocycles. The first-order chi connectivity index (χ1) is 10.1. The Morgan fingerprint density at radius 3 is 2.81 bits per heavy atom. The number of carbonyl (C=O) groups excluding carboxylic acids is 1. The number of halogens is 1. The molecule has 2 rings (SSSR count). The second-order valence-electron chi connectivity index (χ2n) is 5.93. The minimum atomic E-state index is 0.137. The molecular weight excluding hydrogens is 328 g/mol. The van der Waals surface area contributed by atoms with Crippen molar-refractivity contribution in [3.63, 3.8) is 0 Å². The van der Waals surface area contributed by atoms with Gasteiger partial charge in [0.15, 0.2) is 0 Å². The van der Waals surface area contributed by atoms with E-state index in [4.69, 9.17) is 0 Å². The number of nitrogens with one attached hydrogen (secondary N) is 1. The van der Waals surface area contributed by atoms with Crippen LogP contribution in [-0.2, 0) is 11.3 Å². The fourth-order valence-corrected chi connectivity index (χ4v) is 3.36. The molecular formula is C17H25BrN2O. The Kier molecular flexibility index (Phi) is 6.71. The molecule has 0 spiro atoms. The Bertz CT molecular complexity index is 458. The molecule has 3 nitrogen and oxygen atoms in total. The summed E-state index contributed by atoms with van der Waals surface area (Å²) in [5.74, 6) is 0.137. The van der Waals surface area contributed by atoms with Crippen molar-refractivity contribution in [1.82, 2.24) is 10.2 Å². The van der Waals surface area contributed by atoms with Crippen LogP contribution in [0.4, 0.5) is 0 Å². The van der Waals surface area contributed by atoms with E-state index in [0.29, 0.717) is 19.0 Å². The highest BCUT2D eigenvalue weighted by Crippen LogP contribution is 2.21. The van der Waals surface area contributed by atoms with Gasteiger partial charge in [-0.1, -0.05) is 47.3 Å². The SMILES string of the molecule is CN(CCC(=O)NCc1cccc(Br)c1)C1CCCCC1. The third-order valence-corrected chi connectivity index (χ3v) is 4.76. The Morgan fingerprint density at radius 1 is 1.33 bits per heavy atom. The molecule has 4 heteroatoms. The number of hydrogen-bond acceptors (Lipinski definition) is 2. The van der Waals surface area contributed by atoms with E-state index in [0.717, 1.165) is 16.6 Å². The number of carbonyl (C=O) groups is 1. The first-order valence-corrected chi connectivity index (χ1v) is 8.66. The number of amides is 1. The van der Waals surface area contributed by atoms with Gasteiger partial charge in [0, 0.05) is 30.0 Å². The zero-order valence-corrected chi connectivity index (χ0v) is 14.4. The molecule has 1 saturated carbocycles. The summed E-state index contributed by atoms with van der Waals surface area (Å²) in [4.78, 5) is 14.3. The standard InChI is InChI=1S/C17H25BrN2O/c1-20(16-8-3-2-4-9-16)11-10-17(21)19-13-14-6-5-7-15(18)12-14/h5-7,12,16H,2-4,8-11,13H2,1H3,(H,19,21). The van der Waals surface area contributed by atoms with E-state index >= 15 is 0 Å². The van der Waals surface area contributed by atoms with Crippen molar-refractivity contribution >= 4 is 21.8 Å². The van der Waals surface area contributed by atoms with Crippen LogP contribution in [0.1, 0.15) is 44.1 Å². The highest BCUT2D eigenvalue weighted by molar-refractivity contribution is 9.10. The fraction of sp³-hybridized carbons (Fsp3) is 0.588. The maximum atomic E-state index is 11.9. The maximum Gasteiger partial charge on any atom is 0.221 e. The van der Waals surface area contributed by atoms with Crippen LogP contribution in [0, 0.1) is 0 Å². The lowest BCUT2D eigenvalue weighted by molar-refractivity contribution is -0.121. The number of rotatable bonds is 6. The van der Waals surface area contributed by atoms with E-state index in [1.54, 1.807) is 0 Å². The van der Waals surface area contributed by atoms with Gasteiger partial charge in [0.2, 0.25) is 5.91 Å². The molecule has 1 aromatic carbocycles. The van der Waals surface area contributed by atoms with Gasteiger partial charge in [-0.2, -0.15) is 0 Å². The Labute approximate surface area is 136 Å². The number of nitrogens with zero attached hydrogens (tertiary/aromatic N) is 1. The molecule has 0 bridgehead atoms. The number of benzene rings is 1. The molecule has 1 aromatic rings. The second kappa shape index (κ2) is 8.54. The summed E-state index contributed by atoms with van der Waals surface area (Å²) in [6.07, 6.45) is 7.21. The average molecular weight is 353 g/mol. The highest BCUT2D eigenvalue weighted by atomic mass is 79.9. The van der Waals surface area contributed by atoms with Crippen LogP contribution >= 0.6 is 15.9 Å². The van der Waals surface area contributed by atoms with Crippen molar-refractivity contribution in [2.75, 3.05) is 13.6 Å². The predicted molar refractivity (Wildman–Crippen MR) is 90.1 cm³/mol. The summed E-state index contributed by atoms with van der Waals surface area (Å²) in [6.45, 7) is 1.46. The molecule has 0 radical (unpaired) electrons. The van der Waals surface area contributed by atoms with Crippen LogP contribution in [0.5, 0.6) is 0 Å². The predicted octanol–water partition coefficient (Wildman–Crippen LogP) is 3.72. The van der Waals surface area contributed by atoms with E-state index in [2.05, 4.69) is 33.2 Å². The first-order valence-electron chi connectivity index (χ1n) is 7.86. The van der Waals surface area contributed by atoms with Gasteiger partial charge < -0.3 is 10.2 Å². The zero-order chi connectivity index (χ0) is 15.1. The molecule has 0 unspecified atom stereocenters. The van der Waals surface area contributed by atoms with Crippen LogP contribution in [0.15, 0.2) is 28.7 Å². The van der Waals surface area contributed by atoms with Crippen molar-refractivity contribution in [2.24, 2.45) is 0 Å². The zero-order valence-electron chi connectivity index (χ0n) is 12.8. The molecule has 1 aliphatic rings. The van der Waals surface area contributed by atoms with Crippen molar-refractivity contribution < 1.29 is 4.79 Å². The van der Waals surface area contributed by atoms with Gasteiger partial charge >= 0.3 is 0 Å². The minimum Gasteiger partial charge on any atom is -0.352 e. The molecule has 0 aliphatic heterocycles. The first kappa shape index (κ1) is 16.5. The maximum absolute atomic E-state index is 11.9. The molecule has 1 N–H and O–H groups in total. The molecule has 21 heavy (non-hydrogen) atoms. The van der Waals surface area contributed by atoms with Gasteiger partial charge in [-0.25, -0.2) is 0 Å². The van der Waals surface area contributed by atoms with E-state index in [9.17, 15) is 4.79 Å². The minimum absolute atomic E-state index is 0.137. The lowest BCUT2D eigenvalue weighted by atomic mass is 9.94. The molecule has 116 valence electrons. The Morgan fingerprint density at radius 2 is 2.10 bits per heavy atom. The largest absolute Gasteiger partial charge is 0.352 e. The number of hydrogen-bond donors (Lipinski definition) is 1. The smallest absolute Gasteiger partial charge is 0.221 e. The van der Waals surface area contributed by atoms with Gasteiger partial charge in [-0.3, -0.25) is 4.79 Å². The highest BCUT2D eigenvalue weighted by Gasteiger charge is 2.18. The molecule has 0 atom stereocenters. The molecule has 1 aliphatic carbocycles. The van der Waals surface area contributed by atoms with Crippen molar-refractivity contribution in [1.29, 1.82) is 0 Å². The third kappa shape index (κ3) is 5.79. The van der Waals surface area contributed by atoms with Crippen LogP contribution in [-0.4, -0.2) is 30.4 Å². The van der Waals surface area contributed by atoms with E-state index < -0.39 is 0 Å². The van der Waals surface area contributed by atoms with Crippen molar-refractivity contribution in [2.45, 2.75) is 51.1 Å². The van der Waals surface area contributed by atoms with Crippen LogP contribution in [0.3, 0.4) is 0 Å². The average Bonchev–Trinajstić information content (AvgIpc) is 2.51. The van der Waals surface area contributed by atoms with E-state index in [1.807, 2.05) is 24.3 Å². The second-order valence-corrected chi connectivity index (χ2v) is 6.84. The lowest BCUT2D eigenvalue weighted by Crippen LogP contribution is -2.36.